The van der Waals surface area contributed by atoms with Gasteiger partial charge in [0.05, 0.1) is 23.4 Å². The molecule has 3 aromatic carbocycles. The molecule has 0 atom stereocenters. The highest BCUT2D eigenvalue weighted by Gasteiger charge is 2.27. The number of furan rings is 1. The second-order valence-corrected chi connectivity index (χ2v) is 9.45. The van der Waals surface area contributed by atoms with Crippen LogP contribution in [0.4, 0.5) is 5.69 Å². The van der Waals surface area contributed by atoms with Gasteiger partial charge in [0.2, 0.25) is 5.91 Å². The highest BCUT2D eigenvalue weighted by atomic mass is 32.2. The quantitative estimate of drug-likeness (QED) is 0.371. The van der Waals surface area contributed by atoms with Crippen molar-refractivity contribution in [1.29, 1.82) is 0 Å². The lowest BCUT2D eigenvalue weighted by atomic mass is 10.2. The second kappa shape index (κ2) is 10.3. The van der Waals surface area contributed by atoms with Crippen molar-refractivity contribution >= 4 is 21.6 Å². The van der Waals surface area contributed by atoms with E-state index in [0.29, 0.717) is 22.9 Å². The van der Waals surface area contributed by atoms with Gasteiger partial charge >= 0.3 is 0 Å². The summed E-state index contributed by atoms with van der Waals surface area (Å²) in [7, 11) is -4.00. The van der Waals surface area contributed by atoms with E-state index in [4.69, 9.17) is 9.15 Å². The highest BCUT2D eigenvalue weighted by molar-refractivity contribution is 7.92. The average Bonchev–Trinajstić information content (AvgIpc) is 3.37. The summed E-state index contributed by atoms with van der Waals surface area (Å²) in [4.78, 5) is 12.8. The lowest BCUT2D eigenvalue weighted by Crippen LogP contribution is -2.40. The van der Waals surface area contributed by atoms with Gasteiger partial charge in [0.25, 0.3) is 10.0 Å². The molecule has 1 N–H and O–H groups in total. The van der Waals surface area contributed by atoms with E-state index in [2.05, 4.69) is 5.32 Å². The van der Waals surface area contributed by atoms with Crippen LogP contribution in [0.3, 0.4) is 0 Å². The molecule has 7 nitrogen and oxygen atoms in total. The molecule has 0 spiro atoms. The molecule has 0 saturated carbocycles. The Morgan fingerprint density at radius 1 is 0.882 bits per heavy atom. The maximum absolute atomic E-state index is 13.5. The van der Waals surface area contributed by atoms with Crippen molar-refractivity contribution in [3.63, 3.8) is 0 Å². The summed E-state index contributed by atoms with van der Waals surface area (Å²) in [5.41, 5.74) is 1.28. The summed E-state index contributed by atoms with van der Waals surface area (Å²) in [6.07, 6.45) is 1.51. The fourth-order valence-electron chi connectivity index (χ4n) is 3.24. The number of amides is 1. The van der Waals surface area contributed by atoms with Gasteiger partial charge < -0.3 is 14.5 Å². The number of nitrogens with one attached hydrogen (secondary N) is 1. The van der Waals surface area contributed by atoms with Crippen molar-refractivity contribution in [3.05, 3.63) is 109 Å². The van der Waals surface area contributed by atoms with E-state index >= 15 is 0 Å². The van der Waals surface area contributed by atoms with E-state index in [1.807, 2.05) is 37.3 Å². The molecule has 34 heavy (non-hydrogen) atoms. The van der Waals surface area contributed by atoms with Crippen LogP contribution in [0.5, 0.6) is 11.5 Å². The number of nitrogens with zero attached hydrogens (tertiary/aromatic N) is 1. The third-order valence-corrected chi connectivity index (χ3v) is 6.83. The van der Waals surface area contributed by atoms with Crippen molar-refractivity contribution in [2.45, 2.75) is 18.4 Å². The molecular formula is C26H24N2O5S. The van der Waals surface area contributed by atoms with Gasteiger partial charge in [-0.15, -0.1) is 0 Å². The zero-order valence-corrected chi connectivity index (χ0v) is 19.4. The molecule has 0 radical (unpaired) electrons. The first-order valence-electron chi connectivity index (χ1n) is 10.6. The fourth-order valence-corrected chi connectivity index (χ4v) is 4.66. The number of para-hydroxylation sites is 1. The Balaban J connectivity index is 1.58. The van der Waals surface area contributed by atoms with Crippen LogP contribution in [0.1, 0.15) is 11.3 Å². The van der Waals surface area contributed by atoms with Crippen molar-refractivity contribution in [3.8, 4) is 11.5 Å². The molecule has 1 aromatic heterocycles. The molecule has 0 aliphatic rings. The van der Waals surface area contributed by atoms with Gasteiger partial charge in [-0.3, -0.25) is 9.10 Å². The summed E-state index contributed by atoms with van der Waals surface area (Å²) < 4.78 is 39.1. The summed E-state index contributed by atoms with van der Waals surface area (Å²) in [5.74, 6) is 1.32. The van der Waals surface area contributed by atoms with Crippen LogP contribution in [-0.2, 0) is 21.4 Å². The largest absolute Gasteiger partial charge is 0.467 e. The number of carbonyl (C=O) groups is 1. The minimum Gasteiger partial charge on any atom is -0.467 e. The van der Waals surface area contributed by atoms with Gasteiger partial charge in [-0.2, -0.15) is 0 Å². The zero-order chi connectivity index (χ0) is 24.0. The van der Waals surface area contributed by atoms with Crippen molar-refractivity contribution in [2.75, 3.05) is 10.8 Å². The fraction of sp³-hybridized carbons (Fsp3) is 0.115. The number of ether oxygens (including phenoxy) is 1. The van der Waals surface area contributed by atoms with E-state index in [-0.39, 0.29) is 11.4 Å². The molecule has 0 unspecified atom stereocenters. The average molecular weight is 477 g/mol. The van der Waals surface area contributed by atoms with Gasteiger partial charge in [-0.25, -0.2) is 8.42 Å². The molecule has 1 amide bonds. The van der Waals surface area contributed by atoms with Gasteiger partial charge in [-0.1, -0.05) is 35.9 Å². The van der Waals surface area contributed by atoms with Crippen LogP contribution < -0.4 is 14.4 Å². The third kappa shape index (κ3) is 5.65. The zero-order valence-electron chi connectivity index (χ0n) is 18.5. The SMILES string of the molecule is Cc1ccc(S(=O)(=O)N(CC(=O)NCc2ccco2)c2ccc(Oc3ccccc3)cc2)cc1. The Morgan fingerprint density at radius 2 is 1.56 bits per heavy atom. The number of sulfonamides is 1. The topological polar surface area (TPSA) is 88.9 Å². The maximum Gasteiger partial charge on any atom is 0.264 e. The van der Waals surface area contributed by atoms with Crippen LogP contribution in [0, 0.1) is 6.92 Å². The molecule has 0 fully saturated rings. The molecule has 0 aliphatic heterocycles. The monoisotopic (exact) mass is 476 g/mol. The first-order chi connectivity index (χ1) is 16.4. The van der Waals surface area contributed by atoms with Crippen LogP contribution in [0.2, 0.25) is 0 Å². The minimum atomic E-state index is -4.00. The van der Waals surface area contributed by atoms with E-state index in [1.165, 1.54) is 18.4 Å². The lowest BCUT2D eigenvalue weighted by Gasteiger charge is -2.24. The Morgan fingerprint density at radius 3 is 2.21 bits per heavy atom. The van der Waals surface area contributed by atoms with Gasteiger partial charge in [0.15, 0.2) is 0 Å². The summed E-state index contributed by atoms with van der Waals surface area (Å²) in [5, 5.41) is 2.70. The maximum atomic E-state index is 13.5. The van der Waals surface area contributed by atoms with Crippen LogP contribution >= 0.6 is 0 Å². The smallest absolute Gasteiger partial charge is 0.264 e. The minimum absolute atomic E-state index is 0.0987. The van der Waals surface area contributed by atoms with Crippen LogP contribution in [0.25, 0.3) is 0 Å². The van der Waals surface area contributed by atoms with E-state index < -0.39 is 22.5 Å². The summed E-state index contributed by atoms with van der Waals surface area (Å²) in [6, 6.07) is 25.8. The number of carbonyl (C=O) groups excluding carboxylic acids is 1. The van der Waals surface area contributed by atoms with E-state index in [9.17, 15) is 13.2 Å². The second-order valence-electron chi connectivity index (χ2n) is 7.59. The Labute approximate surface area is 198 Å². The van der Waals surface area contributed by atoms with E-state index in [0.717, 1.165) is 9.87 Å². The Kier molecular flexibility index (Phi) is 6.98. The number of hydrogen-bond acceptors (Lipinski definition) is 5. The van der Waals surface area contributed by atoms with Crippen LogP contribution in [0.15, 0.2) is 107 Å². The number of aryl methyl sites for hydroxylation is 1. The van der Waals surface area contributed by atoms with Gasteiger partial charge in [-0.05, 0) is 67.6 Å². The molecule has 0 saturated heterocycles. The van der Waals surface area contributed by atoms with Crippen molar-refractivity contribution in [1.82, 2.24) is 5.32 Å². The van der Waals surface area contributed by atoms with Gasteiger partial charge in [0, 0.05) is 0 Å². The summed E-state index contributed by atoms with van der Waals surface area (Å²) >= 11 is 0. The van der Waals surface area contributed by atoms with Crippen LogP contribution in [-0.4, -0.2) is 20.9 Å². The summed E-state index contributed by atoms with van der Waals surface area (Å²) in [6.45, 7) is 1.64. The van der Waals surface area contributed by atoms with E-state index in [1.54, 1.807) is 48.5 Å². The first kappa shape index (κ1) is 23.1. The third-order valence-electron chi connectivity index (χ3n) is 5.04. The predicted molar refractivity (Wildman–Crippen MR) is 129 cm³/mol. The molecule has 4 aromatic rings. The molecule has 0 aliphatic carbocycles. The Bertz CT molecular complexity index is 1320. The Hall–Kier alpha value is -4.04. The predicted octanol–water partition coefficient (Wildman–Crippen LogP) is 4.89. The number of hydrogen-bond donors (Lipinski definition) is 1. The molecule has 0 bridgehead atoms. The van der Waals surface area contributed by atoms with Crippen molar-refractivity contribution in [2.24, 2.45) is 0 Å². The van der Waals surface area contributed by atoms with Gasteiger partial charge in [0.1, 0.15) is 23.8 Å². The standard InChI is InChI=1S/C26H24N2O5S/c1-20-9-15-25(16-10-20)34(30,31)28(19-26(29)27-18-24-8-5-17-32-24)21-11-13-23(14-12-21)33-22-6-3-2-4-7-22/h2-17H,18-19H2,1H3,(H,27,29). The normalized spacial score (nSPS) is 11.1. The number of anilines is 1. The van der Waals surface area contributed by atoms with Crippen molar-refractivity contribution < 1.29 is 22.4 Å². The molecule has 8 heteroatoms. The highest BCUT2D eigenvalue weighted by Crippen LogP contribution is 2.28. The first-order valence-corrected chi connectivity index (χ1v) is 12.1. The lowest BCUT2D eigenvalue weighted by molar-refractivity contribution is -0.119. The molecule has 174 valence electrons. The molecular weight excluding hydrogens is 452 g/mol. The molecule has 4 rings (SSSR count). The number of rotatable bonds is 9. The number of benzene rings is 3. The molecule has 1 heterocycles.